The number of hydrogen-bond acceptors (Lipinski definition) is 5. The van der Waals surface area contributed by atoms with Crippen molar-refractivity contribution in [2.24, 2.45) is 0 Å². The number of methoxy groups -OCH3 is 1. The number of carbonyl (C=O) groups excluding carboxylic acids is 2. The fourth-order valence-corrected chi connectivity index (χ4v) is 4.06. The summed E-state index contributed by atoms with van der Waals surface area (Å²) in [4.78, 5) is 27.3. The van der Waals surface area contributed by atoms with Crippen molar-refractivity contribution in [1.29, 1.82) is 0 Å². The molecule has 1 aliphatic rings. The predicted molar refractivity (Wildman–Crippen MR) is 128 cm³/mol. The van der Waals surface area contributed by atoms with Gasteiger partial charge in [0.25, 0.3) is 5.91 Å². The minimum Gasteiger partial charge on any atom is -0.496 e. The molecule has 2 aromatic carbocycles. The molecule has 1 aliphatic heterocycles. The summed E-state index contributed by atoms with van der Waals surface area (Å²) in [6, 6.07) is 13.9. The Labute approximate surface area is 193 Å². The van der Waals surface area contributed by atoms with Crippen LogP contribution in [-0.4, -0.2) is 42.2 Å². The number of nitrogens with one attached hydrogen (secondary N) is 2. The third kappa shape index (κ3) is 4.75. The molecule has 0 aromatic heterocycles. The molecule has 3 rings (SSSR count). The lowest BCUT2D eigenvalue weighted by molar-refractivity contribution is -0.139. The van der Waals surface area contributed by atoms with Crippen LogP contribution in [0.5, 0.6) is 5.75 Å². The van der Waals surface area contributed by atoms with E-state index in [4.69, 9.17) is 21.7 Å². The van der Waals surface area contributed by atoms with Crippen molar-refractivity contribution in [2.75, 3.05) is 25.6 Å². The predicted octanol–water partition coefficient (Wildman–Crippen LogP) is 4.04. The minimum absolute atomic E-state index is 0.270. The average molecular weight is 454 g/mol. The van der Waals surface area contributed by atoms with Crippen LogP contribution < -0.4 is 15.4 Å². The molecule has 0 saturated heterocycles. The van der Waals surface area contributed by atoms with Gasteiger partial charge in [0.15, 0.2) is 5.11 Å². The van der Waals surface area contributed by atoms with Crippen LogP contribution >= 0.6 is 12.2 Å². The molecule has 0 bridgehead atoms. The molecule has 8 heteroatoms. The largest absolute Gasteiger partial charge is 0.496 e. The second-order valence-corrected chi connectivity index (χ2v) is 7.51. The number of amides is 1. The summed E-state index contributed by atoms with van der Waals surface area (Å²) in [6.07, 6.45) is 0. The highest BCUT2D eigenvalue weighted by atomic mass is 32.1. The van der Waals surface area contributed by atoms with Gasteiger partial charge in [-0.15, -0.1) is 0 Å². The molecule has 0 radical (unpaired) electrons. The van der Waals surface area contributed by atoms with Gasteiger partial charge in [0.05, 0.1) is 30.9 Å². The smallest absolute Gasteiger partial charge is 0.338 e. The minimum atomic E-state index is -0.441. The van der Waals surface area contributed by atoms with E-state index in [-0.39, 0.29) is 18.5 Å². The summed E-state index contributed by atoms with van der Waals surface area (Å²) in [5, 5.41) is 6.68. The first-order valence-electron chi connectivity index (χ1n) is 10.4. The van der Waals surface area contributed by atoms with E-state index >= 15 is 0 Å². The van der Waals surface area contributed by atoms with Crippen LogP contribution in [0.4, 0.5) is 5.69 Å². The van der Waals surface area contributed by atoms with Crippen molar-refractivity contribution >= 4 is 34.9 Å². The fraction of sp³-hybridized carbons (Fsp3) is 0.292. The van der Waals surface area contributed by atoms with Crippen LogP contribution in [-0.2, 0) is 9.53 Å². The highest BCUT2D eigenvalue weighted by Crippen LogP contribution is 2.32. The summed E-state index contributed by atoms with van der Waals surface area (Å²) in [5.74, 6) is -0.146. The first-order chi connectivity index (χ1) is 15.4. The van der Waals surface area contributed by atoms with Crippen LogP contribution in [0.2, 0.25) is 0 Å². The van der Waals surface area contributed by atoms with Crippen LogP contribution in [0.3, 0.4) is 0 Å². The van der Waals surface area contributed by atoms with Gasteiger partial charge < -0.3 is 25.0 Å². The Morgan fingerprint density at radius 3 is 2.44 bits per heavy atom. The summed E-state index contributed by atoms with van der Waals surface area (Å²) >= 11 is 5.50. The van der Waals surface area contributed by atoms with E-state index in [1.165, 1.54) is 7.11 Å². The Kier molecular flexibility index (Phi) is 7.48. The number of esters is 1. The van der Waals surface area contributed by atoms with Crippen molar-refractivity contribution in [3.63, 3.8) is 0 Å². The van der Waals surface area contributed by atoms with E-state index in [2.05, 4.69) is 10.6 Å². The second kappa shape index (κ2) is 10.3. The zero-order valence-corrected chi connectivity index (χ0v) is 19.4. The average Bonchev–Trinajstić information content (AvgIpc) is 2.79. The molecule has 1 amide bonds. The van der Waals surface area contributed by atoms with E-state index in [0.717, 1.165) is 11.3 Å². The Balaban J connectivity index is 1.86. The topological polar surface area (TPSA) is 79.9 Å². The van der Waals surface area contributed by atoms with Gasteiger partial charge in [-0.25, -0.2) is 4.79 Å². The van der Waals surface area contributed by atoms with E-state index in [0.29, 0.717) is 34.2 Å². The number of allylic oxidation sites excluding steroid dienone is 1. The highest BCUT2D eigenvalue weighted by Gasteiger charge is 2.34. The normalized spacial score (nSPS) is 15.8. The van der Waals surface area contributed by atoms with Gasteiger partial charge in [-0.3, -0.25) is 4.79 Å². The standard InChI is InChI=1S/C24H27N3O4S/c1-5-27-15(3)20(23(29)31-6-2)21(26-24(27)32)16-11-13-17(14-12-16)25-22(28)18-9-7-8-10-19(18)30-4/h7-14,21H,5-6H2,1-4H3,(H,25,28)(H,26,32). The third-order valence-electron chi connectivity index (χ3n) is 5.26. The van der Waals surface area contributed by atoms with Crippen LogP contribution in [0.25, 0.3) is 0 Å². The number of carbonyl (C=O) groups is 2. The van der Waals surface area contributed by atoms with Gasteiger partial charge in [-0.05, 0) is 62.8 Å². The lowest BCUT2D eigenvalue weighted by Crippen LogP contribution is -2.47. The molecule has 2 aromatic rings. The van der Waals surface area contributed by atoms with Gasteiger partial charge in [0, 0.05) is 17.9 Å². The summed E-state index contributed by atoms with van der Waals surface area (Å²) < 4.78 is 10.6. The molecule has 32 heavy (non-hydrogen) atoms. The first kappa shape index (κ1) is 23.3. The summed E-state index contributed by atoms with van der Waals surface area (Å²) in [6.45, 7) is 6.55. The second-order valence-electron chi connectivity index (χ2n) is 7.12. The first-order valence-corrected chi connectivity index (χ1v) is 10.8. The lowest BCUT2D eigenvalue weighted by Gasteiger charge is -2.37. The maximum Gasteiger partial charge on any atom is 0.338 e. The van der Waals surface area contributed by atoms with Crippen molar-refractivity contribution in [3.8, 4) is 5.75 Å². The van der Waals surface area contributed by atoms with Crippen molar-refractivity contribution < 1.29 is 19.1 Å². The Hall–Kier alpha value is -3.39. The van der Waals surface area contributed by atoms with Crippen LogP contribution in [0, 0.1) is 0 Å². The maximum atomic E-state index is 12.7. The van der Waals surface area contributed by atoms with E-state index in [1.54, 1.807) is 37.3 Å². The molecule has 0 aliphatic carbocycles. The number of ether oxygens (including phenoxy) is 2. The number of benzene rings is 2. The van der Waals surface area contributed by atoms with Gasteiger partial charge >= 0.3 is 5.97 Å². The molecule has 1 unspecified atom stereocenters. The number of thiocarbonyl (C=S) groups is 1. The van der Waals surface area contributed by atoms with Gasteiger partial charge in [-0.1, -0.05) is 24.3 Å². The van der Waals surface area contributed by atoms with Crippen LogP contribution in [0.1, 0.15) is 42.7 Å². The monoisotopic (exact) mass is 453 g/mol. The van der Waals surface area contributed by atoms with Crippen molar-refractivity contribution in [2.45, 2.75) is 26.8 Å². The number of nitrogens with zero attached hydrogens (tertiary/aromatic N) is 1. The number of para-hydroxylation sites is 1. The molecule has 0 fully saturated rings. The number of anilines is 1. The van der Waals surface area contributed by atoms with E-state index in [1.807, 2.05) is 36.9 Å². The zero-order chi connectivity index (χ0) is 23.3. The van der Waals surface area contributed by atoms with Crippen LogP contribution in [0.15, 0.2) is 59.8 Å². The van der Waals surface area contributed by atoms with Crippen molar-refractivity contribution in [3.05, 3.63) is 70.9 Å². The Morgan fingerprint density at radius 1 is 1.12 bits per heavy atom. The third-order valence-corrected chi connectivity index (χ3v) is 5.60. The molecule has 0 saturated carbocycles. The molecule has 0 spiro atoms. The summed E-state index contributed by atoms with van der Waals surface area (Å²) in [5.41, 5.74) is 3.19. The zero-order valence-electron chi connectivity index (χ0n) is 18.6. The molecule has 7 nitrogen and oxygen atoms in total. The maximum absolute atomic E-state index is 12.7. The Morgan fingerprint density at radius 2 is 1.81 bits per heavy atom. The number of hydrogen-bond donors (Lipinski definition) is 2. The molecule has 2 N–H and O–H groups in total. The summed E-state index contributed by atoms with van der Waals surface area (Å²) in [7, 11) is 1.53. The van der Waals surface area contributed by atoms with Crippen molar-refractivity contribution in [1.82, 2.24) is 10.2 Å². The molecule has 168 valence electrons. The quantitative estimate of drug-likeness (QED) is 0.484. The fourth-order valence-electron chi connectivity index (χ4n) is 3.67. The van der Waals surface area contributed by atoms with Gasteiger partial charge in [0.1, 0.15) is 5.75 Å². The highest BCUT2D eigenvalue weighted by molar-refractivity contribution is 7.80. The molecular formula is C24H27N3O4S. The number of rotatable bonds is 7. The molecule has 1 atom stereocenters. The van der Waals surface area contributed by atoms with E-state index < -0.39 is 6.04 Å². The lowest BCUT2D eigenvalue weighted by atomic mass is 9.95. The van der Waals surface area contributed by atoms with E-state index in [9.17, 15) is 9.59 Å². The Bertz CT molecular complexity index is 1050. The molecular weight excluding hydrogens is 426 g/mol. The molecule has 1 heterocycles. The SMILES string of the molecule is CCOC(=O)C1=C(C)N(CC)C(=S)NC1c1ccc(NC(=O)c2ccccc2OC)cc1. The van der Waals surface area contributed by atoms with Gasteiger partial charge in [-0.2, -0.15) is 0 Å². The van der Waals surface area contributed by atoms with Gasteiger partial charge in [0.2, 0.25) is 0 Å².